The number of rotatable bonds is 5. The van der Waals surface area contributed by atoms with Gasteiger partial charge < -0.3 is 5.32 Å². The summed E-state index contributed by atoms with van der Waals surface area (Å²) in [6, 6.07) is 3.86. The second kappa shape index (κ2) is 6.02. The molecule has 0 spiro atoms. The van der Waals surface area contributed by atoms with Crippen LogP contribution in [-0.2, 0) is 20.4 Å². The lowest BCUT2D eigenvalue weighted by Gasteiger charge is -2.09. The average molecular weight is 330 g/mol. The molecule has 20 heavy (non-hydrogen) atoms. The third-order valence-electron chi connectivity index (χ3n) is 2.79. The van der Waals surface area contributed by atoms with E-state index >= 15 is 0 Å². The first-order valence-corrected chi connectivity index (χ1v) is 9.33. The fourth-order valence-corrected chi connectivity index (χ4v) is 4.58. The van der Waals surface area contributed by atoms with E-state index in [4.69, 9.17) is 0 Å². The number of sulfone groups is 1. The van der Waals surface area contributed by atoms with Gasteiger partial charge in [-0.25, -0.2) is 13.4 Å². The first kappa shape index (κ1) is 15.1. The minimum Gasteiger partial charge on any atom is -0.358 e. The van der Waals surface area contributed by atoms with Gasteiger partial charge in [0.1, 0.15) is 10.3 Å². The molecule has 2 aromatic rings. The number of nitrogens with one attached hydrogen (secondary N) is 1. The number of thiophene rings is 1. The highest BCUT2D eigenvalue weighted by Gasteiger charge is 2.28. The second-order valence-electron chi connectivity index (χ2n) is 4.18. The SMILES string of the molecule is CNC(=O)[C@H](C)S(=O)(=O)Cc1csc(-c2cccs2)n1. The normalized spacial score (nSPS) is 13.1. The van der Waals surface area contributed by atoms with E-state index in [1.54, 1.807) is 16.7 Å². The van der Waals surface area contributed by atoms with Gasteiger partial charge in [-0.05, 0) is 18.4 Å². The molecule has 0 aliphatic rings. The summed E-state index contributed by atoms with van der Waals surface area (Å²) in [5.74, 6) is -0.720. The second-order valence-corrected chi connectivity index (χ2v) is 8.31. The van der Waals surface area contributed by atoms with Gasteiger partial charge in [-0.1, -0.05) is 6.07 Å². The van der Waals surface area contributed by atoms with Crippen LogP contribution in [0.3, 0.4) is 0 Å². The Hall–Kier alpha value is -1.25. The lowest BCUT2D eigenvalue weighted by Crippen LogP contribution is -2.36. The molecule has 1 amide bonds. The average Bonchev–Trinajstić information content (AvgIpc) is 3.06. The van der Waals surface area contributed by atoms with Crippen molar-refractivity contribution in [2.75, 3.05) is 7.05 Å². The predicted molar refractivity (Wildman–Crippen MR) is 81.6 cm³/mol. The van der Waals surface area contributed by atoms with Crippen LogP contribution in [0.5, 0.6) is 0 Å². The summed E-state index contributed by atoms with van der Waals surface area (Å²) in [5.41, 5.74) is 0.481. The number of aromatic nitrogens is 1. The Kier molecular flexibility index (Phi) is 4.56. The number of carbonyl (C=O) groups excluding carboxylic acids is 1. The van der Waals surface area contributed by atoms with Crippen molar-refractivity contribution in [2.24, 2.45) is 0 Å². The van der Waals surface area contributed by atoms with Crippen LogP contribution >= 0.6 is 22.7 Å². The minimum atomic E-state index is -3.54. The number of hydrogen-bond donors (Lipinski definition) is 1. The van der Waals surface area contributed by atoms with Crippen molar-refractivity contribution in [1.29, 1.82) is 0 Å². The molecule has 2 rings (SSSR count). The summed E-state index contributed by atoms with van der Waals surface area (Å²) >= 11 is 2.96. The van der Waals surface area contributed by atoms with Gasteiger partial charge in [-0.3, -0.25) is 4.79 Å². The molecule has 0 aliphatic heterocycles. The van der Waals surface area contributed by atoms with E-state index in [2.05, 4.69) is 10.3 Å². The Morgan fingerprint density at radius 3 is 2.80 bits per heavy atom. The Labute approximate surface area is 125 Å². The van der Waals surface area contributed by atoms with Crippen molar-refractivity contribution in [2.45, 2.75) is 17.9 Å². The van der Waals surface area contributed by atoms with E-state index in [1.165, 1.54) is 25.3 Å². The summed E-state index contributed by atoms with van der Waals surface area (Å²) in [7, 11) is -2.12. The maximum absolute atomic E-state index is 12.1. The third kappa shape index (κ3) is 3.25. The standard InChI is InChI=1S/C12H14N2O3S3/c1-8(11(15)13-2)20(16,17)7-9-6-19-12(14-9)10-4-3-5-18-10/h3-6,8H,7H2,1-2H3,(H,13,15)/t8-/m0/s1. The molecule has 0 bridgehead atoms. The van der Waals surface area contributed by atoms with Gasteiger partial charge in [0.15, 0.2) is 9.84 Å². The topological polar surface area (TPSA) is 76.1 Å². The van der Waals surface area contributed by atoms with Gasteiger partial charge in [0.25, 0.3) is 0 Å². The van der Waals surface area contributed by atoms with Crippen LogP contribution in [0.15, 0.2) is 22.9 Å². The zero-order chi connectivity index (χ0) is 14.8. The molecule has 1 atom stereocenters. The summed E-state index contributed by atoms with van der Waals surface area (Å²) in [4.78, 5) is 16.8. The van der Waals surface area contributed by atoms with Crippen LogP contribution in [-0.4, -0.2) is 31.6 Å². The lowest BCUT2D eigenvalue weighted by molar-refractivity contribution is -0.119. The molecule has 0 aliphatic carbocycles. The predicted octanol–water partition coefficient (Wildman–Crippen LogP) is 1.92. The van der Waals surface area contributed by atoms with Gasteiger partial charge in [0, 0.05) is 12.4 Å². The Morgan fingerprint density at radius 1 is 1.45 bits per heavy atom. The van der Waals surface area contributed by atoms with Gasteiger partial charge in [0.2, 0.25) is 5.91 Å². The van der Waals surface area contributed by atoms with E-state index in [9.17, 15) is 13.2 Å². The van der Waals surface area contributed by atoms with Crippen molar-refractivity contribution >= 4 is 38.4 Å². The highest BCUT2D eigenvalue weighted by atomic mass is 32.2. The first-order valence-electron chi connectivity index (χ1n) is 5.85. The zero-order valence-electron chi connectivity index (χ0n) is 11.0. The number of nitrogens with zero attached hydrogens (tertiary/aromatic N) is 1. The molecule has 0 unspecified atom stereocenters. The van der Waals surface area contributed by atoms with Crippen LogP contribution in [0.25, 0.3) is 9.88 Å². The van der Waals surface area contributed by atoms with Crippen LogP contribution in [0.4, 0.5) is 0 Å². The summed E-state index contributed by atoms with van der Waals surface area (Å²) in [6.45, 7) is 1.39. The smallest absolute Gasteiger partial charge is 0.237 e. The number of amides is 1. The molecule has 0 saturated heterocycles. The maximum atomic E-state index is 12.1. The molecule has 0 aromatic carbocycles. The van der Waals surface area contributed by atoms with Crippen LogP contribution < -0.4 is 5.32 Å². The minimum absolute atomic E-state index is 0.219. The van der Waals surface area contributed by atoms with E-state index < -0.39 is 21.0 Å². The summed E-state index contributed by atoms with van der Waals surface area (Å²) in [5, 5.41) is 5.75. The molecule has 108 valence electrons. The Bertz CT molecular complexity index is 689. The van der Waals surface area contributed by atoms with Crippen molar-refractivity contribution in [1.82, 2.24) is 10.3 Å². The van der Waals surface area contributed by atoms with Crippen molar-refractivity contribution in [3.63, 3.8) is 0 Å². The molecule has 0 saturated carbocycles. The van der Waals surface area contributed by atoms with Crippen molar-refractivity contribution < 1.29 is 13.2 Å². The largest absolute Gasteiger partial charge is 0.358 e. The van der Waals surface area contributed by atoms with Crippen LogP contribution in [0.2, 0.25) is 0 Å². The van der Waals surface area contributed by atoms with Gasteiger partial charge in [-0.2, -0.15) is 0 Å². The number of carbonyl (C=O) groups is 1. The van der Waals surface area contributed by atoms with Crippen LogP contribution in [0.1, 0.15) is 12.6 Å². The summed E-state index contributed by atoms with van der Waals surface area (Å²) < 4.78 is 24.2. The molecule has 2 heterocycles. The summed E-state index contributed by atoms with van der Waals surface area (Å²) in [6.07, 6.45) is 0. The van der Waals surface area contributed by atoms with Crippen molar-refractivity contribution in [3.8, 4) is 9.88 Å². The number of hydrogen-bond acceptors (Lipinski definition) is 6. The van der Waals surface area contributed by atoms with E-state index in [-0.39, 0.29) is 5.75 Å². The molecule has 5 nitrogen and oxygen atoms in total. The Morgan fingerprint density at radius 2 is 2.20 bits per heavy atom. The van der Waals surface area contributed by atoms with Gasteiger partial charge in [-0.15, -0.1) is 22.7 Å². The molecular formula is C12H14N2O3S3. The molecular weight excluding hydrogens is 316 g/mol. The monoisotopic (exact) mass is 330 g/mol. The lowest BCUT2D eigenvalue weighted by atomic mass is 10.4. The molecule has 0 fully saturated rings. The highest BCUT2D eigenvalue weighted by molar-refractivity contribution is 7.92. The fraction of sp³-hybridized carbons (Fsp3) is 0.333. The van der Waals surface area contributed by atoms with E-state index in [0.717, 1.165) is 9.88 Å². The van der Waals surface area contributed by atoms with E-state index in [0.29, 0.717) is 5.69 Å². The molecule has 2 aromatic heterocycles. The molecule has 0 radical (unpaired) electrons. The molecule has 1 N–H and O–H groups in total. The van der Waals surface area contributed by atoms with Crippen molar-refractivity contribution in [3.05, 3.63) is 28.6 Å². The van der Waals surface area contributed by atoms with E-state index in [1.807, 2.05) is 17.5 Å². The third-order valence-corrected chi connectivity index (χ3v) is 6.71. The highest BCUT2D eigenvalue weighted by Crippen LogP contribution is 2.28. The fourth-order valence-electron chi connectivity index (χ4n) is 1.58. The van der Waals surface area contributed by atoms with Gasteiger partial charge in [0.05, 0.1) is 16.3 Å². The van der Waals surface area contributed by atoms with Crippen LogP contribution in [0, 0.1) is 0 Å². The Balaban J connectivity index is 2.16. The quantitative estimate of drug-likeness (QED) is 0.909. The maximum Gasteiger partial charge on any atom is 0.237 e. The van der Waals surface area contributed by atoms with Gasteiger partial charge >= 0.3 is 0 Å². The number of thiazole rings is 1. The zero-order valence-corrected chi connectivity index (χ0v) is 13.4. The molecule has 8 heteroatoms. The first-order chi connectivity index (χ1) is 9.44.